The lowest BCUT2D eigenvalue weighted by Crippen LogP contribution is -2.15. The second-order valence-electron chi connectivity index (χ2n) is 4.44. The zero-order chi connectivity index (χ0) is 13.9. The Hall–Kier alpha value is -2.60. The van der Waals surface area contributed by atoms with Crippen LogP contribution in [-0.2, 0) is 0 Å². The molecule has 0 saturated carbocycles. The molecule has 0 radical (unpaired) electrons. The van der Waals surface area contributed by atoms with Crippen LogP contribution in [-0.4, -0.2) is 25.3 Å². The predicted molar refractivity (Wildman–Crippen MR) is 73.7 cm³/mol. The summed E-state index contributed by atoms with van der Waals surface area (Å²) in [7, 11) is 0. The largest absolute Gasteiger partial charge is 0.410 e. The first-order valence-electron chi connectivity index (χ1n) is 5.83. The summed E-state index contributed by atoms with van der Waals surface area (Å²) in [5.41, 5.74) is 2.94. The molecule has 1 aliphatic carbocycles. The number of hydrogen-bond donors (Lipinski definition) is 2. The number of imidazole rings is 1. The molecular formula is C13H7ClN4O2. The summed E-state index contributed by atoms with van der Waals surface area (Å²) in [5, 5.41) is 13.2. The third-order valence-corrected chi connectivity index (χ3v) is 3.63. The van der Waals surface area contributed by atoms with Gasteiger partial charge in [-0.15, -0.1) is 0 Å². The molecule has 98 valence electrons. The zero-order valence-electron chi connectivity index (χ0n) is 9.96. The number of benzene rings is 1. The Morgan fingerprint density at radius 2 is 2.20 bits per heavy atom. The number of hydrogen-bond acceptors (Lipinski definition) is 4. The fourth-order valence-electron chi connectivity index (χ4n) is 2.59. The Morgan fingerprint density at radius 3 is 3.00 bits per heavy atom. The molecule has 0 atom stereocenters. The van der Waals surface area contributed by atoms with Gasteiger partial charge in [0.05, 0.1) is 5.69 Å². The monoisotopic (exact) mass is 286 g/mol. The van der Waals surface area contributed by atoms with E-state index < -0.39 is 0 Å². The van der Waals surface area contributed by atoms with Gasteiger partial charge < -0.3 is 10.2 Å². The van der Waals surface area contributed by atoms with Gasteiger partial charge in [-0.2, -0.15) is 0 Å². The van der Waals surface area contributed by atoms with Crippen molar-refractivity contribution in [1.82, 2.24) is 14.4 Å². The van der Waals surface area contributed by atoms with Gasteiger partial charge in [0.1, 0.15) is 11.4 Å². The molecule has 3 aromatic rings. The standard InChI is InChI=1S/C13H7ClN4O2/c14-6-1-2-7-8(5-6)9-11(10(7)17-20)18-4-3-15-12(18)13(19)16-9/h1-5,20H,(H,16,19)/b17-10+. The molecule has 0 unspecified atom stereocenters. The van der Waals surface area contributed by atoms with Crippen LogP contribution < -0.4 is 5.56 Å². The Bertz CT molecular complexity index is 955. The molecule has 2 heterocycles. The maximum Gasteiger partial charge on any atom is 0.292 e. The van der Waals surface area contributed by atoms with Crippen LogP contribution in [0, 0.1) is 0 Å². The highest BCUT2D eigenvalue weighted by atomic mass is 35.5. The molecule has 0 bridgehead atoms. The number of fused-ring (bicyclic) bond motifs is 5. The van der Waals surface area contributed by atoms with Gasteiger partial charge in [0, 0.05) is 28.5 Å². The van der Waals surface area contributed by atoms with Crippen molar-refractivity contribution in [1.29, 1.82) is 0 Å². The molecule has 1 aliphatic rings. The lowest BCUT2D eigenvalue weighted by atomic mass is 10.1. The second-order valence-corrected chi connectivity index (χ2v) is 4.87. The molecule has 0 aliphatic heterocycles. The molecule has 20 heavy (non-hydrogen) atoms. The SMILES string of the molecule is O=c1[nH]c2c(n3ccnc13)/C(=N/O)c1ccc(Cl)cc1-2. The number of nitrogens with zero attached hydrogens (tertiary/aromatic N) is 3. The highest BCUT2D eigenvalue weighted by Crippen LogP contribution is 2.36. The van der Waals surface area contributed by atoms with E-state index in [9.17, 15) is 10.0 Å². The summed E-state index contributed by atoms with van der Waals surface area (Å²) in [5.74, 6) is 0. The van der Waals surface area contributed by atoms with Gasteiger partial charge in [-0.25, -0.2) is 4.98 Å². The van der Waals surface area contributed by atoms with Crippen molar-refractivity contribution in [2.75, 3.05) is 0 Å². The van der Waals surface area contributed by atoms with E-state index in [1.807, 2.05) is 0 Å². The normalized spacial score (nSPS) is 14.8. The summed E-state index contributed by atoms with van der Waals surface area (Å²) in [6.45, 7) is 0. The lowest BCUT2D eigenvalue weighted by molar-refractivity contribution is 0.319. The van der Waals surface area contributed by atoms with Gasteiger partial charge in [0.2, 0.25) is 5.65 Å². The third-order valence-electron chi connectivity index (χ3n) is 3.39. The summed E-state index contributed by atoms with van der Waals surface area (Å²) in [6.07, 6.45) is 3.18. The topological polar surface area (TPSA) is 82.8 Å². The van der Waals surface area contributed by atoms with Crippen LogP contribution in [0.15, 0.2) is 40.5 Å². The molecule has 7 heteroatoms. The maximum atomic E-state index is 12.0. The van der Waals surface area contributed by atoms with Crippen LogP contribution in [0.1, 0.15) is 11.3 Å². The average Bonchev–Trinajstić information content (AvgIpc) is 3.01. The van der Waals surface area contributed by atoms with E-state index in [1.54, 1.807) is 28.8 Å². The second kappa shape index (κ2) is 3.71. The number of H-pyrrole nitrogens is 1. The van der Waals surface area contributed by atoms with Crippen molar-refractivity contribution in [2.24, 2.45) is 5.16 Å². The minimum atomic E-state index is -0.307. The molecule has 0 saturated heterocycles. The highest BCUT2D eigenvalue weighted by molar-refractivity contribution is 6.32. The number of rotatable bonds is 0. The summed E-state index contributed by atoms with van der Waals surface area (Å²) < 4.78 is 1.61. The van der Waals surface area contributed by atoms with E-state index in [-0.39, 0.29) is 11.2 Å². The Kier molecular flexibility index (Phi) is 2.08. The third kappa shape index (κ3) is 1.26. The minimum Gasteiger partial charge on any atom is -0.410 e. The van der Waals surface area contributed by atoms with Crippen molar-refractivity contribution in [3.05, 3.63) is 57.2 Å². The summed E-state index contributed by atoms with van der Waals surface area (Å²) in [6, 6.07) is 5.20. The number of oxime groups is 1. The highest BCUT2D eigenvalue weighted by Gasteiger charge is 2.30. The molecule has 6 nitrogen and oxygen atoms in total. The van der Waals surface area contributed by atoms with Gasteiger partial charge in [-0.05, 0) is 12.1 Å². The first-order valence-corrected chi connectivity index (χ1v) is 6.20. The lowest BCUT2D eigenvalue weighted by Gasteiger charge is -2.03. The van der Waals surface area contributed by atoms with Crippen LogP contribution in [0.3, 0.4) is 0 Å². The first kappa shape index (κ1) is 11.2. The van der Waals surface area contributed by atoms with E-state index in [2.05, 4.69) is 15.1 Å². The van der Waals surface area contributed by atoms with Crippen LogP contribution in [0.2, 0.25) is 5.02 Å². The average molecular weight is 287 g/mol. The molecule has 0 fully saturated rings. The maximum absolute atomic E-state index is 12.0. The van der Waals surface area contributed by atoms with E-state index in [0.717, 1.165) is 5.56 Å². The molecule has 0 amide bonds. The minimum absolute atomic E-state index is 0.254. The van der Waals surface area contributed by atoms with Crippen molar-refractivity contribution in [3.63, 3.8) is 0 Å². The number of aromatic amines is 1. The first-order chi connectivity index (χ1) is 9.70. The van der Waals surface area contributed by atoms with Crippen molar-refractivity contribution >= 4 is 23.0 Å². The number of nitrogens with one attached hydrogen (secondary N) is 1. The Balaban J connectivity index is 2.24. The summed E-state index contributed by atoms with van der Waals surface area (Å²) >= 11 is 6.00. The Morgan fingerprint density at radius 1 is 1.35 bits per heavy atom. The Labute approximate surface area is 117 Å². The molecular weight excluding hydrogens is 280 g/mol. The van der Waals surface area contributed by atoms with Gasteiger partial charge in [-0.3, -0.25) is 9.20 Å². The van der Waals surface area contributed by atoms with Gasteiger partial charge in [0.25, 0.3) is 5.56 Å². The van der Waals surface area contributed by atoms with E-state index in [0.29, 0.717) is 27.7 Å². The van der Waals surface area contributed by atoms with Crippen molar-refractivity contribution in [3.8, 4) is 11.3 Å². The molecule has 2 N–H and O–H groups in total. The van der Waals surface area contributed by atoms with Gasteiger partial charge >= 0.3 is 0 Å². The number of halogens is 1. The van der Waals surface area contributed by atoms with Crippen molar-refractivity contribution < 1.29 is 5.21 Å². The van der Waals surface area contributed by atoms with E-state index in [4.69, 9.17) is 11.6 Å². The van der Waals surface area contributed by atoms with Crippen LogP contribution >= 0.6 is 11.6 Å². The molecule has 2 aromatic heterocycles. The summed E-state index contributed by atoms with van der Waals surface area (Å²) in [4.78, 5) is 18.8. The molecule has 1 aromatic carbocycles. The van der Waals surface area contributed by atoms with E-state index >= 15 is 0 Å². The van der Waals surface area contributed by atoms with Gasteiger partial charge in [0.15, 0.2) is 0 Å². The smallest absolute Gasteiger partial charge is 0.292 e. The zero-order valence-corrected chi connectivity index (χ0v) is 10.7. The van der Waals surface area contributed by atoms with Crippen LogP contribution in [0.5, 0.6) is 0 Å². The van der Waals surface area contributed by atoms with Crippen LogP contribution in [0.4, 0.5) is 0 Å². The molecule has 0 spiro atoms. The van der Waals surface area contributed by atoms with Crippen molar-refractivity contribution in [2.45, 2.75) is 0 Å². The molecule has 4 rings (SSSR count). The van der Waals surface area contributed by atoms with Crippen LogP contribution in [0.25, 0.3) is 16.9 Å². The predicted octanol–water partition coefficient (Wildman–Crippen LogP) is 1.88. The number of aromatic nitrogens is 3. The quantitative estimate of drug-likeness (QED) is 0.382. The van der Waals surface area contributed by atoms with Gasteiger partial charge in [-0.1, -0.05) is 22.8 Å². The fourth-order valence-corrected chi connectivity index (χ4v) is 2.76. The fraction of sp³-hybridized carbons (Fsp3) is 0. The van der Waals surface area contributed by atoms with E-state index in [1.165, 1.54) is 6.20 Å².